The molecule has 0 radical (unpaired) electrons. The molecule has 1 rings (SSSR count). The maximum Gasteiger partial charge on any atom is 0.227 e. The average Bonchev–Trinajstić information content (AvgIpc) is 1.98. The largest absolute Gasteiger partial charge is 0.502 e. The van der Waals surface area contributed by atoms with E-state index in [-0.39, 0.29) is 11.2 Å². The van der Waals surface area contributed by atoms with Crippen LogP contribution in [0.3, 0.4) is 0 Å². The van der Waals surface area contributed by atoms with E-state index in [4.69, 9.17) is 4.42 Å². The molecule has 0 saturated carbocycles. The first kappa shape index (κ1) is 9.84. The highest BCUT2D eigenvalue weighted by Crippen LogP contribution is 2.17. The quantitative estimate of drug-likeness (QED) is 0.759. The van der Waals surface area contributed by atoms with Crippen LogP contribution in [0.15, 0.2) is 15.3 Å². The Balaban J connectivity index is 3.13. The second-order valence-electron chi connectivity index (χ2n) is 3.59. The van der Waals surface area contributed by atoms with Crippen molar-refractivity contribution in [2.24, 2.45) is 5.92 Å². The Morgan fingerprint density at radius 2 is 2.15 bits per heavy atom. The molecule has 0 unspecified atom stereocenters. The lowest BCUT2D eigenvalue weighted by atomic mass is 10.1. The van der Waals surface area contributed by atoms with Gasteiger partial charge in [-0.15, -0.1) is 0 Å². The van der Waals surface area contributed by atoms with Gasteiger partial charge in [0.05, 0.1) is 0 Å². The second-order valence-corrected chi connectivity index (χ2v) is 3.59. The average molecular weight is 182 g/mol. The fourth-order valence-electron chi connectivity index (χ4n) is 1.17. The maximum absolute atomic E-state index is 11.1. The zero-order chi connectivity index (χ0) is 10.0. The van der Waals surface area contributed by atoms with Crippen molar-refractivity contribution >= 4 is 0 Å². The standard InChI is InChI=1S/C10H14O3/c1-6(2)4-9-10(12)8(11)5-7(3)13-9/h5-6,12H,4H2,1-3H3. The Morgan fingerprint density at radius 1 is 1.54 bits per heavy atom. The molecular weight excluding hydrogens is 168 g/mol. The lowest BCUT2D eigenvalue weighted by Gasteiger charge is -2.06. The van der Waals surface area contributed by atoms with Gasteiger partial charge in [-0.25, -0.2) is 0 Å². The molecule has 1 N–H and O–H groups in total. The summed E-state index contributed by atoms with van der Waals surface area (Å²) in [6.45, 7) is 5.70. The zero-order valence-electron chi connectivity index (χ0n) is 8.13. The predicted molar refractivity (Wildman–Crippen MR) is 49.9 cm³/mol. The van der Waals surface area contributed by atoms with E-state index in [1.807, 2.05) is 13.8 Å². The molecule has 0 bridgehead atoms. The third kappa shape index (κ3) is 2.34. The second kappa shape index (κ2) is 3.64. The van der Waals surface area contributed by atoms with Gasteiger partial charge >= 0.3 is 0 Å². The molecule has 3 nitrogen and oxygen atoms in total. The first-order valence-electron chi connectivity index (χ1n) is 4.33. The van der Waals surface area contributed by atoms with Crippen LogP contribution in [0.5, 0.6) is 5.75 Å². The summed E-state index contributed by atoms with van der Waals surface area (Å²) < 4.78 is 5.25. The lowest BCUT2D eigenvalue weighted by Crippen LogP contribution is -2.05. The molecule has 0 spiro atoms. The summed E-state index contributed by atoms with van der Waals surface area (Å²) in [6.07, 6.45) is 0.586. The van der Waals surface area contributed by atoms with Crippen molar-refractivity contribution in [2.45, 2.75) is 27.2 Å². The molecular formula is C10H14O3. The molecule has 0 amide bonds. The van der Waals surface area contributed by atoms with Gasteiger partial charge in [0.1, 0.15) is 11.5 Å². The van der Waals surface area contributed by atoms with Crippen LogP contribution in [0, 0.1) is 12.8 Å². The van der Waals surface area contributed by atoms with Gasteiger partial charge in [0, 0.05) is 12.5 Å². The van der Waals surface area contributed by atoms with Crippen LogP contribution in [0.2, 0.25) is 0 Å². The molecule has 13 heavy (non-hydrogen) atoms. The molecule has 0 aliphatic heterocycles. The van der Waals surface area contributed by atoms with Crippen molar-refractivity contribution in [1.29, 1.82) is 0 Å². The Morgan fingerprint density at radius 3 is 2.69 bits per heavy atom. The fraction of sp³-hybridized carbons (Fsp3) is 0.500. The van der Waals surface area contributed by atoms with E-state index in [1.54, 1.807) is 6.92 Å². The fourth-order valence-corrected chi connectivity index (χ4v) is 1.17. The SMILES string of the molecule is Cc1cc(=O)c(O)c(CC(C)C)o1. The van der Waals surface area contributed by atoms with Gasteiger partial charge in [-0.2, -0.15) is 0 Å². The summed E-state index contributed by atoms with van der Waals surface area (Å²) in [6, 6.07) is 1.29. The van der Waals surface area contributed by atoms with Gasteiger partial charge < -0.3 is 9.52 Å². The van der Waals surface area contributed by atoms with E-state index < -0.39 is 0 Å². The van der Waals surface area contributed by atoms with Gasteiger partial charge in [-0.1, -0.05) is 13.8 Å². The van der Waals surface area contributed by atoms with E-state index in [2.05, 4.69) is 0 Å². The van der Waals surface area contributed by atoms with Crippen LogP contribution in [-0.2, 0) is 6.42 Å². The predicted octanol–water partition coefficient (Wildman–Crippen LogP) is 1.85. The van der Waals surface area contributed by atoms with Crippen molar-refractivity contribution < 1.29 is 9.52 Å². The highest BCUT2D eigenvalue weighted by Gasteiger charge is 2.10. The smallest absolute Gasteiger partial charge is 0.227 e. The lowest BCUT2D eigenvalue weighted by molar-refractivity contribution is 0.374. The Bertz CT molecular complexity index is 350. The summed E-state index contributed by atoms with van der Waals surface area (Å²) in [5.74, 6) is 1.04. The van der Waals surface area contributed by atoms with E-state index >= 15 is 0 Å². The van der Waals surface area contributed by atoms with Crippen molar-refractivity contribution in [2.75, 3.05) is 0 Å². The van der Waals surface area contributed by atoms with Crippen LogP contribution in [0.1, 0.15) is 25.4 Å². The van der Waals surface area contributed by atoms with Crippen molar-refractivity contribution in [3.8, 4) is 5.75 Å². The number of rotatable bonds is 2. The minimum absolute atomic E-state index is 0.251. The molecule has 0 aromatic carbocycles. The zero-order valence-corrected chi connectivity index (χ0v) is 8.13. The van der Waals surface area contributed by atoms with Gasteiger partial charge in [-0.05, 0) is 12.8 Å². The van der Waals surface area contributed by atoms with Crippen LogP contribution >= 0.6 is 0 Å². The third-order valence-corrected chi connectivity index (χ3v) is 1.71. The Labute approximate surface area is 77.0 Å². The normalized spacial score (nSPS) is 10.8. The molecule has 0 aliphatic carbocycles. The highest BCUT2D eigenvalue weighted by atomic mass is 16.4. The molecule has 0 aliphatic rings. The molecule has 1 heterocycles. The number of hydrogen-bond acceptors (Lipinski definition) is 3. The first-order valence-corrected chi connectivity index (χ1v) is 4.33. The van der Waals surface area contributed by atoms with Crippen molar-refractivity contribution in [1.82, 2.24) is 0 Å². The summed E-state index contributed by atoms with van der Waals surface area (Å²) >= 11 is 0. The summed E-state index contributed by atoms with van der Waals surface area (Å²) in [5.41, 5.74) is -0.362. The first-order chi connectivity index (χ1) is 6.00. The molecule has 1 aromatic heterocycles. The van der Waals surface area contributed by atoms with Gasteiger partial charge in [0.15, 0.2) is 0 Å². The minimum atomic E-state index is -0.362. The number of aryl methyl sites for hydroxylation is 1. The molecule has 0 atom stereocenters. The summed E-state index contributed by atoms with van der Waals surface area (Å²) in [7, 11) is 0. The molecule has 1 aromatic rings. The number of aromatic hydroxyl groups is 1. The minimum Gasteiger partial charge on any atom is -0.502 e. The van der Waals surface area contributed by atoms with Crippen LogP contribution in [-0.4, -0.2) is 5.11 Å². The highest BCUT2D eigenvalue weighted by molar-refractivity contribution is 5.24. The Hall–Kier alpha value is -1.25. The Kier molecular flexibility index (Phi) is 2.76. The molecule has 72 valence electrons. The van der Waals surface area contributed by atoms with Crippen LogP contribution < -0.4 is 5.43 Å². The molecule has 0 fully saturated rings. The molecule has 0 saturated heterocycles. The summed E-state index contributed by atoms with van der Waals surface area (Å²) in [5, 5.41) is 9.36. The topological polar surface area (TPSA) is 50.4 Å². The van der Waals surface area contributed by atoms with E-state index in [0.29, 0.717) is 23.9 Å². The van der Waals surface area contributed by atoms with Crippen LogP contribution in [0.4, 0.5) is 0 Å². The summed E-state index contributed by atoms with van der Waals surface area (Å²) in [4.78, 5) is 11.1. The third-order valence-electron chi connectivity index (χ3n) is 1.71. The number of hydrogen-bond donors (Lipinski definition) is 1. The van der Waals surface area contributed by atoms with Gasteiger partial charge in [0.25, 0.3) is 0 Å². The monoisotopic (exact) mass is 182 g/mol. The van der Waals surface area contributed by atoms with Crippen LogP contribution in [0.25, 0.3) is 0 Å². The van der Waals surface area contributed by atoms with Gasteiger partial charge in [0.2, 0.25) is 11.2 Å². The van der Waals surface area contributed by atoms with Crippen molar-refractivity contribution in [3.05, 3.63) is 27.8 Å². The van der Waals surface area contributed by atoms with Crippen molar-refractivity contribution in [3.63, 3.8) is 0 Å². The molecule has 3 heteroatoms. The van der Waals surface area contributed by atoms with E-state index in [0.717, 1.165) is 0 Å². The van der Waals surface area contributed by atoms with Gasteiger partial charge in [-0.3, -0.25) is 4.79 Å². The van der Waals surface area contributed by atoms with E-state index in [1.165, 1.54) is 6.07 Å². The van der Waals surface area contributed by atoms with E-state index in [9.17, 15) is 9.90 Å². The maximum atomic E-state index is 11.1.